The van der Waals surface area contributed by atoms with Crippen LogP contribution in [-0.4, -0.2) is 70.9 Å². The number of nitro benzene ring substituents is 1. The molecule has 210 valence electrons. The van der Waals surface area contributed by atoms with Crippen molar-refractivity contribution in [2.24, 2.45) is 0 Å². The number of amides is 2. The fourth-order valence-electron chi connectivity index (χ4n) is 4.35. The third-order valence-corrected chi connectivity index (χ3v) is 7.30. The highest BCUT2D eigenvalue weighted by Gasteiger charge is 2.23. The normalized spacial score (nSPS) is 13.1. The summed E-state index contributed by atoms with van der Waals surface area (Å²) in [6, 6.07) is 20.7. The van der Waals surface area contributed by atoms with Crippen LogP contribution < -0.4 is 15.0 Å². The Balaban J connectivity index is 1.09. The van der Waals surface area contributed by atoms with Gasteiger partial charge in [-0.15, -0.1) is 10.2 Å². The number of thioether (sulfide) groups is 1. The standard InChI is InChI=1S/C28H26N6O6S/c1-39-22-12-6-19(7-13-22)27(36)33-16-14-32(15-17-33)21-10-8-20(9-11-21)29-25(35)18-41-28-31-30-26(40-28)23-4-2-3-5-24(23)34(37)38/h2-13H,14-18H2,1H3,(H,29,35). The third kappa shape index (κ3) is 6.64. The van der Waals surface area contributed by atoms with Crippen LogP contribution in [0.5, 0.6) is 5.75 Å². The van der Waals surface area contributed by atoms with Crippen LogP contribution in [0.25, 0.3) is 11.5 Å². The van der Waals surface area contributed by atoms with Crippen LogP contribution in [0.15, 0.2) is 82.4 Å². The van der Waals surface area contributed by atoms with Gasteiger partial charge in [-0.25, -0.2) is 0 Å². The zero-order valence-corrected chi connectivity index (χ0v) is 22.9. The monoisotopic (exact) mass is 574 g/mol. The van der Waals surface area contributed by atoms with E-state index in [2.05, 4.69) is 20.4 Å². The number of benzene rings is 3. The van der Waals surface area contributed by atoms with E-state index in [1.165, 1.54) is 12.1 Å². The summed E-state index contributed by atoms with van der Waals surface area (Å²) in [5.74, 6) is 0.482. The Hall–Kier alpha value is -4.91. The lowest BCUT2D eigenvalue weighted by atomic mass is 10.1. The molecular weight excluding hydrogens is 548 g/mol. The van der Waals surface area contributed by atoms with Crippen LogP contribution in [0, 0.1) is 10.1 Å². The van der Waals surface area contributed by atoms with Crippen LogP contribution in [0.1, 0.15) is 10.4 Å². The van der Waals surface area contributed by atoms with E-state index in [1.807, 2.05) is 29.2 Å². The molecule has 0 saturated carbocycles. The van der Waals surface area contributed by atoms with Crippen molar-refractivity contribution < 1.29 is 23.7 Å². The number of hydrogen-bond donors (Lipinski definition) is 1. The number of nitrogens with zero attached hydrogens (tertiary/aromatic N) is 5. The number of rotatable bonds is 9. The fraction of sp³-hybridized carbons (Fsp3) is 0.214. The molecule has 2 heterocycles. The number of ether oxygens (including phenoxy) is 1. The third-order valence-electron chi connectivity index (χ3n) is 6.48. The lowest BCUT2D eigenvalue weighted by molar-refractivity contribution is -0.384. The first-order chi connectivity index (χ1) is 19.9. The molecule has 1 fully saturated rings. The lowest BCUT2D eigenvalue weighted by Gasteiger charge is -2.36. The zero-order valence-electron chi connectivity index (χ0n) is 22.1. The first kappa shape index (κ1) is 27.6. The molecule has 41 heavy (non-hydrogen) atoms. The van der Waals surface area contributed by atoms with Gasteiger partial charge in [-0.3, -0.25) is 19.7 Å². The van der Waals surface area contributed by atoms with E-state index in [0.717, 1.165) is 17.4 Å². The maximum atomic E-state index is 12.8. The van der Waals surface area contributed by atoms with E-state index in [4.69, 9.17) is 9.15 Å². The van der Waals surface area contributed by atoms with Gasteiger partial charge in [0.25, 0.3) is 22.7 Å². The SMILES string of the molecule is COc1ccc(C(=O)N2CCN(c3ccc(NC(=O)CSc4nnc(-c5ccccc5[N+](=O)[O-])o4)cc3)CC2)cc1. The van der Waals surface area contributed by atoms with Gasteiger partial charge >= 0.3 is 0 Å². The van der Waals surface area contributed by atoms with Crippen molar-refractivity contribution in [3.8, 4) is 17.2 Å². The number of nitro groups is 1. The highest BCUT2D eigenvalue weighted by Crippen LogP contribution is 2.30. The number of carbonyl (C=O) groups excluding carboxylic acids is 2. The van der Waals surface area contributed by atoms with E-state index in [0.29, 0.717) is 43.2 Å². The van der Waals surface area contributed by atoms with Crippen LogP contribution in [0.4, 0.5) is 17.1 Å². The molecule has 2 amide bonds. The van der Waals surface area contributed by atoms with Crippen LogP contribution in [0.3, 0.4) is 0 Å². The Labute approximate surface area is 239 Å². The van der Waals surface area contributed by atoms with Gasteiger partial charge < -0.3 is 24.3 Å². The zero-order chi connectivity index (χ0) is 28.8. The molecule has 13 heteroatoms. The first-order valence-electron chi connectivity index (χ1n) is 12.7. The smallest absolute Gasteiger partial charge is 0.282 e. The first-order valence-corrected chi connectivity index (χ1v) is 13.7. The molecule has 1 aliphatic rings. The Morgan fingerprint density at radius 1 is 1.00 bits per heavy atom. The van der Waals surface area contributed by atoms with Crippen LogP contribution in [-0.2, 0) is 4.79 Å². The van der Waals surface area contributed by atoms with Crippen molar-refractivity contribution in [2.75, 3.05) is 49.3 Å². The Bertz CT molecular complexity index is 1530. The average molecular weight is 575 g/mol. The lowest BCUT2D eigenvalue weighted by Crippen LogP contribution is -2.48. The van der Waals surface area contributed by atoms with Gasteiger partial charge in [0.15, 0.2) is 0 Å². The highest BCUT2D eigenvalue weighted by molar-refractivity contribution is 7.99. The molecule has 0 aliphatic carbocycles. The van der Waals surface area contributed by atoms with Gasteiger partial charge in [0.05, 0.1) is 17.8 Å². The number of anilines is 2. The maximum Gasteiger partial charge on any atom is 0.282 e. The molecule has 0 unspecified atom stereocenters. The molecule has 4 aromatic rings. The van der Waals surface area contributed by atoms with Crippen molar-refractivity contribution in [3.63, 3.8) is 0 Å². The topological polar surface area (TPSA) is 144 Å². The molecule has 12 nitrogen and oxygen atoms in total. The second kappa shape index (κ2) is 12.5. The second-order valence-corrected chi connectivity index (χ2v) is 9.97. The molecule has 1 saturated heterocycles. The largest absolute Gasteiger partial charge is 0.497 e. The van der Waals surface area contributed by atoms with Crippen LogP contribution >= 0.6 is 11.8 Å². The molecule has 0 spiro atoms. The quantitative estimate of drug-likeness (QED) is 0.174. The van der Waals surface area contributed by atoms with Crippen LogP contribution in [0.2, 0.25) is 0 Å². The van der Waals surface area contributed by atoms with E-state index < -0.39 is 4.92 Å². The average Bonchev–Trinajstić information content (AvgIpc) is 3.49. The number of methoxy groups -OCH3 is 1. The second-order valence-electron chi connectivity index (χ2n) is 9.04. The Morgan fingerprint density at radius 2 is 1.71 bits per heavy atom. The number of piperazine rings is 1. The summed E-state index contributed by atoms with van der Waals surface area (Å²) in [7, 11) is 1.59. The summed E-state index contributed by atoms with van der Waals surface area (Å²) in [6.07, 6.45) is 0. The number of carbonyl (C=O) groups is 2. The van der Waals surface area contributed by atoms with E-state index >= 15 is 0 Å². The summed E-state index contributed by atoms with van der Waals surface area (Å²) in [6.45, 7) is 2.61. The number of para-hydroxylation sites is 1. The molecule has 1 aliphatic heterocycles. The van der Waals surface area contributed by atoms with Crippen molar-refractivity contribution in [3.05, 3.63) is 88.5 Å². The Morgan fingerprint density at radius 3 is 2.39 bits per heavy atom. The minimum Gasteiger partial charge on any atom is -0.497 e. The number of aromatic nitrogens is 2. The van der Waals surface area contributed by atoms with Crippen molar-refractivity contribution >= 4 is 40.6 Å². The van der Waals surface area contributed by atoms with Crippen molar-refractivity contribution in [2.45, 2.75) is 5.22 Å². The minimum atomic E-state index is -0.518. The molecular formula is C28H26N6O6S. The predicted octanol–water partition coefficient (Wildman–Crippen LogP) is 4.35. The van der Waals surface area contributed by atoms with E-state index in [1.54, 1.807) is 43.5 Å². The van der Waals surface area contributed by atoms with Gasteiger partial charge in [0.1, 0.15) is 11.3 Å². The number of nitrogens with one attached hydrogen (secondary N) is 1. The predicted molar refractivity (Wildman–Crippen MR) is 153 cm³/mol. The molecule has 0 atom stereocenters. The minimum absolute atomic E-state index is 0.00127. The molecule has 5 rings (SSSR count). The number of hydrogen-bond acceptors (Lipinski definition) is 10. The van der Waals surface area contributed by atoms with Crippen molar-refractivity contribution in [1.82, 2.24) is 15.1 Å². The van der Waals surface area contributed by atoms with Gasteiger partial charge in [0, 0.05) is 49.2 Å². The summed E-state index contributed by atoms with van der Waals surface area (Å²) in [5.41, 5.74) is 2.35. The molecule has 0 bridgehead atoms. The maximum absolute atomic E-state index is 12.8. The summed E-state index contributed by atoms with van der Waals surface area (Å²) in [4.78, 5) is 40.1. The molecule has 3 aromatic carbocycles. The summed E-state index contributed by atoms with van der Waals surface area (Å²) in [5, 5.41) is 22.0. The van der Waals surface area contributed by atoms with E-state index in [9.17, 15) is 19.7 Å². The van der Waals surface area contributed by atoms with Crippen molar-refractivity contribution in [1.29, 1.82) is 0 Å². The molecule has 1 N–H and O–H groups in total. The molecule has 1 aromatic heterocycles. The van der Waals surface area contributed by atoms with Gasteiger partial charge in [0.2, 0.25) is 5.91 Å². The fourth-order valence-corrected chi connectivity index (χ4v) is 4.92. The summed E-state index contributed by atoms with van der Waals surface area (Å²) >= 11 is 1.04. The highest BCUT2D eigenvalue weighted by atomic mass is 32.2. The van der Waals surface area contributed by atoms with Gasteiger partial charge in [-0.05, 0) is 54.6 Å². The van der Waals surface area contributed by atoms with E-state index in [-0.39, 0.29) is 39.9 Å². The summed E-state index contributed by atoms with van der Waals surface area (Å²) < 4.78 is 10.7. The molecule has 0 radical (unpaired) electrons. The van der Waals surface area contributed by atoms with Gasteiger partial charge in [-0.1, -0.05) is 23.9 Å². The Kier molecular flexibility index (Phi) is 8.44. The van der Waals surface area contributed by atoms with Gasteiger partial charge in [-0.2, -0.15) is 0 Å².